The maximum Gasteiger partial charge on any atom is 0.244 e. The molecule has 1 amide bonds. The Bertz CT molecular complexity index is 1010. The predicted octanol–water partition coefficient (Wildman–Crippen LogP) is 3.72. The molecule has 8 nitrogen and oxygen atoms in total. The molecule has 1 aliphatic heterocycles. The van der Waals surface area contributed by atoms with E-state index in [1.807, 2.05) is 19.2 Å². The third-order valence-electron chi connectivity index (χ3n) is 5.73. The largest absolute Gasteiger partial charge is 0.497 e. The summed E-state index contributed by atoms with van der Waals surface area (Å²) >= 11 is 1.36. The van der Waals surface area contributed by atoms with E-state index in [9.17, 15) is 13.2 Å². The van der Waals surface area contributed by atoms with Crippen molar-refractivity contribution >= 4 is 32.4 Å². The second-order valence-electron chi connectivity index (χ2n) is 9.07. The van der Waals surface area contributed by atoms with Gasteiger partial charge in [-0.25, -0.2) is 13.4 Å². The van der Waals surface area contributed by atoms with Crippen molar-refractivity contribution in [1.82, 2.24) is 14.6 Å². The number of ether oxygens (including phenoxy) is 1. The maximum absolute atomic E-state index is 13.0. The molecule has 0 radical (unpaired) electrons. The topological polar surface area (TPSA) is 101 Å². The van der Waals surface area contributed by atoms with Crippen LogP contribution in [0.3, 0.4) is 0 Å². The van der Waals surface area contributed by atoms with Crippen molar-refractivity contribution < 1.29 is 17.9 Å². The van der Waals surface area contributed by atoms with E-state index in [0.29, 0.717) is 17.3 Å². The Balaban J connectivity index is 1.65. The van der Waals surface area contributed by atoms with E-state index in [4.69, 9.17) is 4.74 Å². The zero-order valence-corrected chi connectivity index (χ0v) is 21.3. The Hall–Kier alpha value is -2.01. The molecule has 1 aromatic carbocycles. The van der Waals surface area contributed by atoms with Crippen molar-refractivity contribution in [2.75, 3.05) is 25.5 Å². The second-order valence-corrected chi connectivity index (χ2v) is 11.6. The second kappa shape index (κ2) is 11.4. The van der Waals surface area contributed by atoms with Gasteiger partial charge in [-0.3, -0.25) is 9.69 Å². The number of carbonyl (C=O) groups excluding carboxylic acids is 1. The number of thiazole rings is 1. The van der Waals surface area contributed by atoms with E-state index in [-0.39, 0.29) is 10.8 Å². The van der Waals surface area contributed by atoms with Gasteiger partial charge in [0.05, 0.1) is 17.7 Å². The number of hydrogen-bond acceptors (Lipinski definition) is 7. The number of benzene rings is 1. The molecule has 182 valence electrons. The molecule has 0 spiro atoms. The van der Waals surface area contributed by atoms with Crippen LogP contribution < -0.4 is 14.8 Å². The van der Waals surface area contributed by atoms with Crippen LogP contribution in [0.4, 0.5) is 5.13 Å². The average Bonchev–Trinajstić information content (AvgIpc) is 3.21. The van der Waals surface area contributed by atoms with Gasteiger partial charge in [0.15, 0.2) is 5.13 Å². The summed E-state index contributed by atoms with van der Waals surface area (Å²) in [5.41, 5.74) is 0.920. The minimum Gasteiger partial charge on any atom is -0.497 e. The van der Waals surface area contributed by atoms with Gasteiger partial charge in [-0.15, -0.1) is 11.3 Å². The van der Waals surface area contributed by atoms with Crippen molar-refractivity contribution in [3.63, 3.8) is 0 Å². The van der Waals surface area contributed by atoms with E-state index < -0.39 is 22.0 Å². The summed E-state index contributed by atoms with van der Waals surface area (Å²) in [5, 5.41) is 5.24. The molecule has 2 aromatic rings. The first-order valence-corrected chi connectivity index (χ1v) is 13.7. The SMILES string of the molecule is COc1ccc(S(=O)(=O)NC(CC(C)C)C(=O)Nc2nc(CN3CCC(C)CC3)cs2)cc1. The van der Waals surface area contributed by atoms with Gasteiger partial charge in [0, 0.05) is 11.9 Å². The number of rotatable bonds is 10. The zero-order chi connectivity index (χ0) is 24.0. The van der Waals surface area contributed by atoms with Crippen LogP contribution in [0.15, 0.2) is 34.5 Å². The Kier molecular flexibility index (Phi) is 8.86. The summed E-state index contributed by atoms with van der Waals surface area (Å²) in [6, 6.07) is 5.16. The molecule has 3 rings (SSSR count). The minimum atomic E-state index is -3.88. The Morgan fingerprint density at radius 1 is 1.24 bits per heavy atom. The molecule has 33 heavy (non-hydrogen) atoms. The number of nitrogens with one attached hydrogen (secondary N) is 2. The van der Waals surface area contributed by atoms with E-state index in [0.717, 1.165) is 31.2 Å². The van der Waals surface area contributed by atoms with E-state index in [1.165, 1.54) is 43.4 Å². The van der Waals surface area contributed by atoms with Gasteiger partial charge < -0.3 is 10.1 Å². The van der Waals surface area contributed by atoms with Crippen molar-refractivity contribution in [1.29, 1.82) is 0 Å². The number of sulfonamides is 1. The first-order valence-electron chi connectivity index (χ1n) is 11.3. The molecule has 1 fully saturated rings. The summed E-state index contributed by atoms with van der Waals surface area (Å²) in [7, 11) is -2.36. The fraction of sp³-hybridized carbons (Fsp3) is 0.565. The molecule has 1 unspecified atom stereocenters. The average molecular weight is 495 g/mol. The lowest BCUT2D eigenvalue weighted by Gasteiger charge is -2.29. The van der Waals surface area contributed by atoms with Crippen LogP contribution in [-0.4, -0.2) is 50.5 Å². The van der Waals surface area contributed by atoms with Gasteiger partial charge in [-0.2, -0.15) is 4.72 Å². The van der Waals surface area contributed by atoms with Crippen LogP contribution in [0.1, 0.15) is 45.7 Å². The summed E-state index contributed by atoms with van der Waals surface area (Å²) in [5.74, 6) is 1.04. The number of carbonyl (C=O) groups is 1. The van der Waals surface area contributed by atoms with Gasteiger partial charge in [-0.05, 0) is 68.5 Å². The molecule has 10 heteroatoms. The van der Waals surface area contributed by atoms with Gasteiger partial charge in [-0.1, -0.05) is 20.8 Å². The van der Waals surface area contributed by atoms with Gasteiger partial charge in [0.1, 0.15) is 11.8 Å². The van der Waals surface area contributed by atoms with Crippen LogP contribution >= 0.6 is 11.3 Å². The molecule has 2 N–H and O–H groups in total. The van der Waals surface area contributed by atoms with Crippen LogP contribution in [0.5, 0.6) is 5.75 Å². The number of aromatic nitrogens is 1. The van der Waals surface area contributed by atoms with Crippen LogP contribution in [-0.2, 0) is 21.4 Å². The summed E-state index contributed by atoms with van der Waals surface area (Å²) in [6.07, 6.45) is 2.75. The maximum atomic E-state index is 13.0. The highest BCUT2D eigenvalue weighted by Crippen LogP contribution is 2.22. The van der Waals surface area contributed by atoms with Crippen molar-refractivity contribution in [3.8, 4) is 5.75 Å². The Morgan fingerprint density at radius 3 is 2.52 bits per heavy atom. The molecule has 1 aromatic heterocycles. The quantitative estimate of drug-likeness (QED) is 0.522. The van der Waals surface area contributed by atoms with E-state index in [1.54, 1.807) is 12.1 Å². The molecule has 0 aliphatic carbocycles. The predicted molar refractivity (Wildman–Crippen MR) is 131 cm³/mol. The first kappa shape index (κ1) is 25.6. The molecule has 1 atom stereocenters. The lowest BCUT2D eigenvalue weighted by molar-refractivity contribution is -0.118. The van der Waals surface area contributed by atoms with Crippen molar-refractivity contribution in [2.45, 2.75) is 57.5 Å². The minimum absolute atomic E-state index is 0.0808. The lowest BCUT2D eigenvalue weighted by Crippen LogP contribution is -2.44. The van der Waals surface area contributed by atoms with Crippen LogP contribution in [0.2, 0.25) is 0 Å². The number of hydrogen-bond donors (Lipinski definition) is 2. The molecule has 1 aliphatic rings. The van der Waals surface area contributed by atoms with Crippen molar-refractivity contribution in [3.05, 3.63) is 35.3 Å². The number of amides is 1. The first-order chi connectivity index (χ1) is 15.7. The molecular formula is C23H34N4O4S2. The highest BCUT2D eigenvalue weighted by molar-refractivity contribution is 7.89. The molecular weight excluding hydrogens is 460 g/mol. The molecule has 1 saturated heterocycles. The number of nitrogens with zero attached hydrogens (tertiary/aromatic N) is 2. The fourth-order valence-electron chi connectivity index (χ4n) is 3.77. The smallest absolute Gasteiger partial charge is 0.244 e. The van der Waals surface area contributed by atoms with E-state index in [2.05, 4.69) is 26.8 Å². The summed E-state index contributed by atoms with van der Waals surface area (Å²) in [4.78, 5) is 20.0. The highest BCUT2D eigenvalue weighted by atomic mass is 32.2. The van der Waals surface area contributed by atoms with E-state index >= 15 is 0 Å². The summed E-state index contributed by atoms with van der Waals surface area (Å²) < 4.78 is 33.4. The third kappa shape index (κ3) is 7.49. The number of likely N-dealkylation sites (tertiary alicyclic amines) is 1. The van der Waals surface area contributed by atoms with Crippen LogP contribution in [0, 0.1) is 11.8 Å². The highest BCUT2D eigenvalue weighted by Gasteiger charge is 2.27. The monoisotopic (exact) mass is 494 g/mol. The molecule has 0 saturated carbocycles. The number of piperidine rings is 1. The number of methoxy groups -OCH3 is 1. The molecule has 2 heterocycles. The summed E-state index contributed by atoms with van der Waals surface area (Å²) in [6.45, 7) is 9.06. The van der Waals surface area contributed by atoms with Crippen molar-refractivity contribution in [2.24, 2.45) is 11.8 Å². The van der Waals surface area contributed by atoms with Gasteiger partial charge in [0.25, 0.3) is 0 Å². The normalized spacial score (nSPS) is 16.6. The standard InChI is InChI=1S/C23H34N4O4S2/c1-16(2)13-21(26-33(29,30)20-7-5-19(31-4)6-8-20)22(28)25-23-24-18(15-32-23)14-27-11-9-17(3)10-12-27/h5-8,15-17,21,26H,9-14H2,1-4H3,(H,24,25,28). The third-order valence-corrected chi connectivity index (χ3v) is 8.03. The van der Waals surface area contributed by atoms with Gasteiger partial charge in [0.2, 0.25) is 15.9 Å². The Labute approximate surface area is 200 Å². The zero-order valence-electron chi connectivity index (χ0n) is 19.7. The molecule has 0 bridgehead atoms. The van der Waals surface area contributed by atoms with Gasteiger partial charge >= 0.3 is 0 Å². The lowest BCUT2D eigenvalue weighted by atomic mass is 9.99. The Morgan fingerprint density at radius 2 is 1.91 bits per heavy atom. The number of anilines is 1. The van der Waals surface area contributed by atoms with Crippen LogP contribution in [0.25, 0.3) is 0 Å². The fourth-order valence-corrected chi connectivity index (χ4v) is 5.68.